The zero-order valence-electron chi connectivity index (χ0n) is 3.56. The Labute approximate surface area is 35.9 Å². The molecule has 3 heteroatoms. The van der Waals surface area contributed by atoms with Crippen molar-refractivity contribution >= 4 is 12.1 Å². The fraction of sp³-hybridized carbons (Fsp3) is 0.333. The van der Waals surface area contributed by atoms with Gasteiger partial charge in [-0.05, 0) is 0 Å². The number of nitrogens with two attached hydrogens (primary N) is 1. The second-order valence-corrected chi connectivity index (χ2v) is 0.781. The lowest BCUT2D eigenvalue weighted by Gasteiger charge is -1.78. The van der Waals surface area contributed by atoms with Gasteiger partial charge in [0.05, 0.1) is 0 Å². The third kappa shape index (κ3) is 1.46. The van der Waals surface area contributed by atoms with Gasteiger partial charge in [-0.15, -0.1) is 0 Å². The van der Waals surface area contributed by atoms with Gasteiger partial charge in [0.1, 0.15) is 0 Å². The Balaban J connectivity index is 3.23. The maximum Gasteiger partial charge on any atom is 0.307 e. The first-order valence-electron chi connectivity index (χ1n) is 1.58. The molecule has 0 aliphatic heterocycles. The van der Waals surface area contributed by atoms with Crippen LogP contribution in [0.1, 0.15) is 0 Å². The molecule has 0 bridgehead atoms. The van der Waals surface area contributed by atoms with Crippen molar-refractivity contribution in [3.05, 3.63) is 0 Å². The average Bonchev–Trinajstić information content (AvgIpc) is 1.65. The van der Waals surface area contributed by atoms with Crippen LogP contribution in [0.15, 0.2) is 0 Å². The maximum atomic E-state index is 9.89. The third-order valence-corrected chi connectivity index (χ3v) is 0.398. The summed E-state index contributed by atoms with van der Waals surface area (Å²) in [7, 11) is 1.52. The molecule has 0 saturated carbocycles. The molecule has 0 aliphatic rings. The van der Waals surface area contributed by atoms with Crippen molar-refractivity contribution in [2.45, 2.75) is 0 Å². The Bertz CT molecular complexity index is 69.2. The first-order valence-corrected chi connectivity index (χ1v) is 1.58. The van der Waals surface area contributed by atoms with Crippen LogP contribution in [-0.4, -0.2) is 19.2 Å². The highest BCUT2D eigenvalue weighted by atomic mass is 16.1. The highest BCUT2D eigenvalue weighted by Crippen LogP contribution is 1.39. The molecule has 0 aromatic rings. The van der Waals surface area contributed by atoms with E-state index in [-0.39, 0.29) is 5.91 Å². The summed E-state index contributed by atoms with van der Waals surface area (Å²) in [6.07, 6.45) is 0.972. The van der Waals surface area contributed by atoms with E-state index in [0.29, 0.717) is 0 Å². The Hall–Kier alpha value is -0.860. The van der Waals surface area contributed by atoms with E-state index < -0.39 is 0 Å². The van der Waals surface area contributed by atoms with Crippen LogP contribution in [0.2, 0.25) is 0 Å². The number of amides is 1. The van der Waals surface area contributed by atoms with Crippen LogP contribution in [0.4, 0.5) is 0 Å². The van der Waals surface area contributed by atoms with Gasteiger partial charge in [-0.2, -0.15) is 0 Å². The largest absolute Gasteiger partial charge is 0.351 e. The van der Waals surface area contributed by atoms with E-state index in [1.807, 2.05) is 0 Å². The van der Waals surface area contributed by atoms with E-state index >= 15 is 0 Å². The molecular weight excluding hydrogens is 80.0 g/mol. The molecule has 3 N–H and O–H groups in total. The molecule has 0 saturated heterocycles. The van der Waals surface area contributed by atoms with Crippen LogP contribution in [-0.2, 0) is 4.79 Å². The molecule has 0 aromatic heterocycles. The highest BCUT2D eigenvalue weighted by molar-refractivity contribution is 6.23. The monoisotopic (exact) mass is 87.1 g/mol. The van der Waals surface area contributed by atoms with Gasteiger partial charge in [0.2, 0.25) is 6.21 Å². The summed E-state index contributed by atoms with van der Waals surface area (Å²) < 4.78 is 0. The first kappa shape index (κ1) is 5.14. The topological polar surface area (TPSA) is 54.7 Å². The zero-order valence-corrected chi connectivity index (χ0v) is 3.56. The van der Waals surface area contributed by atoms with Crippen LogP contribution >= 0.6 is 0 Å². The molecule has 0 fully saturated rings. The second kappa shape index (κ2) is 2.38. The minimum absolute atomic E-state index is 0.255. The van der Waals surface area contributed by atoms with Crippen molar-refractivity contribution in [1.29, 1.82) is 0 Å². The van der Waals surface area contributed by atoms with Gasteiger partial charge in [-0.25, -0.2) is 0 Å². The SMILES string of the molecule is CNC(=O)C=[NH2+]. The molecule has 6 heavy (non-hydrogen) atoms. The van der Waals surface area contributed by atoms with Gasteiger partial charge in [-0.3, -0.25) is 10.2 Å². The Morgan fingerprint density at radius 2 is 2.50 bits per heavy atom. The molecule has 0 atom stereocenters. The smallest absolute Gasteiger partial charge is 0.307 e. The van der Waals surface area contributed by atoms with E-state index in [2.05, 4.69) is 5.32 Å². The summed E-state index contributed by atoms with van der Waals surface area (Å²) in [5, 5.41) is 7.04. The molecular formula is C3H7N2O+. The first-order chi connectivity index (χ1) is 2.81. The number of carbonyl (C=O) groups excluding carboxylic acids is 1. The molecule has 1 amide bonds. The molecule has 0 heterocycles. The third-order valence-electron chi connectivity index (χ3n) is 0.398. The summed E-state index contributed by atoms with van der Waals surface area (Å²) in [5.74, 6) is -0.255. The molecule has 3 nitrogen and oxygen atoms in total. The number of carbonyl (C=O) groups is 1. The standard InChI is InChI=1S/C3H6N2O/c1-5-3(6)2-4/h2,4H,1H3,(H,5,6)/p+1. The Kier molecular flexibility index (Phi) is 2.04. The summed E-state index contributed by atoms with van der Waals surface area (Å²) in [6, 6.07) is 0. The lowest BCUT2D eigenvalue weighted by Crippen LogP contribution is -2.38. The summed E-state index contributed by atoms with van der Waals surface area (Å²) in [6.45, 7) is 0. The second-order valence-electron chi connectivity index (χ2n) is 0.781. The fourth-order valence-corrected chi connectivity index (χ4v) is 0.0833. The average molecular weight is 87.1 g/mol. The van der Waals surface area contributed by atoms with E-state index in [9.17, 15) is 4.79 Å². The van der Waals surface area contributed by atoms with E-state index in [4.69, 9.17) is 5.41 Å². The van der Waals surface area contributed by atoms with Gasteiger partial charge in [0, 0.05) is 7.05 Å². The maximum absolute atomic E-state index is 9.89. The van der Waals surface area contributed by atoms with Crippen molar-refractivity contribution < 1.29 is 10.2 Å². The number of nitrogens with one attached hydrogen (secondary N) is 1. The van der Waals surface area contributed by atoms with Gasteiger partial charge < -0.3 is 5.32 Å². The fourth-order valence-electron chi connectivity index (χ4n) is 0.0833. The van der Waals surface area contributed by atoms with Crippen LogP contribution in [0.3, 0.4) is 0 Å². The van der Waals surface area contributed by atoms with Crippen molar-refractivity contribution in [3.63, 3.8) is 0 Å². The molecule has 0 unspecified atom stereocenters. The molecule has 0 aromatic carbocycles. The van der Waals surface area contributed by atoms with Crippen LogP contribution in [0.5, 0.6) is 0 Å². The van der Waals surface area contributed by atoms with E-state index in [0.717, 1.165) is 6.21 Å². The molecule has 0 radical (unpaired) electrons. The van der Waals surface area contributed by atoms with Crippen LogP contribution < -0.4 is 10.7 Å². The minimum atomic E-state index is -0.255. The number of rotatable bonds is 1. The predicted octanol–water partition coefficient (Wildman–Crippen LogP) is -2.44. The molecule has 34 valence electrons. The van der Waals surface area contributed by atoms with Gasteiger partial charge in [-0.1, -0.05) is 0 Å². The van der Waals surface area contributed by atoms with E-state index in [1.165, 1.54) is 7.05 Å². The van der Waals surface area contributed by atoms with Gasteiger partial charge in [0.15, 0.2) is 0 Å². The minimum Gasteiger partial charge on any atom is -0.351 e. The van der Waals surface area contributed by atoms with Crippen LogP contribution in [0.25, 0.3) is 0 Å². The highest BCUT2D eigenvalue weighted by Gasteiger charge is 1.86. The van der Waals surface area contributed by atoms with Crippen molar-refractivity contribution in [2.75, 3.05) is 7.05 Å². The van der Waals surface area contributed by atoms with Crippen molar-refractivity contribution in [3.8, 4) is 0 Å². The van der Waals surface area contributed by atoms with Crippen LogP contribution in [0, 0.1) is 0 Å². The van der Waals surface area contributed by atoms with Gasteiger partial charge in [0.25, 0.3) is 0 Å². The summed E-state index contributed by atoms with van der Waals surface area (Å²) >= 11 is 0. The lowest BCUT2D eigenvalue weighted by atomic mass is 10.7. The summed E-state index contributed by atoms with van der Waals surface area (Å²) in [5.41, 5.74) is 0. The van der Waals surface area contributed by atoms with Crippen molar-refractivity contribution in [1.82, 2.24) is 5.32 Å². The zero-order chi connectivity index (χ0) is 4.99. The normalized spacial score (nSPS) is 6.83. The number of hydrogen-bond acceptors (Lipinski definition) is 1. The predicted molar refractivity (Wildman–Crippen MR) is 22.1 cm³/mol. The van der Waals surface area contributed by atoms with Crippen molar-refractivity contribution in [2.24, 2.45) is 0 Å². The lowest BCUT2D eigenvalue weighted by molar-refractivity contribution is -0.130. The molecule has 0 aliphatic carbocycles. The Morgan fingerprint density at radius 3 is 2.50 bits per heavy atom. The molecule has 0 spiro atoms. The number of hydrogen-bond donors (Lipinski definition) is 2. The molecule has 0 rings (SSSR count). The quantitative estimate of drug-likeness (QED) is 0.343. The Morgan fingerprint density at radius 1 is 2.00 bits per heavy atom. The van der Waals surface area contributed by atoms with Gasteiger partial charge >= 0.3 is 5.91 Å². The van der Waals surface area contributed by atoms with E-state index in [1.54, 1.807) is 0 Å². The summed E-state index contributed by atoms with van der Waals surface area (Å²) in [4.78, 5) is 9.89.